The summed E-state index contributed by atoms with van der Waals surface area (Å²) in [6.07, 6.45) is 7.78. The maximum absolute atomic E-state index is 14.6. The second-order valence-electron chi connectivity index (χ2n) is 13.1. The number of halogens is 1. The summed E-state index contributed by atoms with van der Waals surface area (Å²) in [7, 11) is 0. The summed E-state index contributed by atoms with van der Waals surface area (Å²) in [5.74, 6) is 0.318. The van der Waals surface area contributed by atoms with Crippen LogP contribution >= 0.6 is 0 Å². The molecule has 1 spiro atoms. The van der Waals surface area contributed by atoms with Crippen LogP contribution in [0, 0.1) is 11.2 Å². The number of carbonyl (C=O) groups excluding carboxylic acids is 1. The van der Waals surface area contributed by atoms with E-state index < -0.39 is 12.1 Å². The highest BCUT2D eigenvalue weighted by Gasteiger charge is 2.45. The molecular formula is C34H42FN3O3. The average Bonchev–Trinajstić information content (AvgIpc) is 2.89. The van der Waals surface area contributed by atoms with Crippen LogP contribution in [-0.4, -0.2) is 40.3 Å². The predicted octanol–water partition coefficient (Wildman–Crippen LogP) is 5.92. The van der Waals surface area contributed by atoms with E-state index >= 15 is 0 Å². The topological polar surface area (TPSA) is 83.5 Å². The summed E-state index contributed by atoms with van der Waals surface area (Å²) < 4.78 is 21.1. The molecule has 1 aliphatic carbocycles. The largest absolute Gasteiger partial charge is 0.487 e. The molecular weight excluding hydrogens is 517 g/mol. The molecule has 0 bridgehead atoms. The number of nitrogens with one attached hydrogen (secondary N) is 2. The predicted molar refractivity (Wildman–Crippen MR) is 159 cm³/mol. The van der Waals surface area contributed by atoms with Crippen LogP contribution in [0.1, 0.15) is 76.1 Å². The highest BCUT2D eigenvalue weighted by atomic mass is 19.1. The smallest absolute Gasteiger partial charge is 0.217 e. The third-order valence-electron chi connectivity index (χ3n) is 8.20. The number of nitrogens with zero attached hydrogens (tertiary/aromatic N) is 1. The molecule has 5 rings (SSSR count). The molecule has 2 aliphatic rings. The van der Waals surface area contributed by atoms with Gasteiger partial charge < -0.3 is 20.5 Å². The van der Waals surface area contributed by atoms with Gasteiger partial charge in [-0.2, -0.15) is 0 Å². The zero-order chi connectivity index (χ0) is 29.2. The van der Waals surface area contributed by atoms with E-state index in [2.05, 4.69) is 54.6 Å². The Labute approximate surface area is 242 Å². The molecule has 1 saturated carbocycles. The molecule has 3 aromatic rings. The molecule has 1 aliphatic heterocycles. The third-order valence-corrected chi connectivity index (χ3v) is 8.20. The first-order valence-electron chi connectivity index (χ1n) is 14.7. The summed E-state index contributed by atoms with van der Waals surface area (Å²) in [6, 6.07) is 14.5. The van der Waals surface area contributed by atoms with Crippen molar-refractivity contribution in [2.45, 2.75) is 90.0 Å². The average molecular weight is 560 g/mol. The van der Waals surface area contributed by atoms with Crippen LogP contribution in [0.2, 0.25) is 0 Å². The maximum Gasteiger partial charge on any atom is 0.217 e. The van der Waals surface area contributed by atoms with Crippen LogP contribution in [0.4, 0.5) is 4.39 Å². The molecule has 1 fully saturated rings. The molecule has 3 N–H and O–H groups in total. The Balaban J connectivity index is 1.33. The molecule has 41 heavy (non-hydrogen) atoms. The van der Waals surface area contributed by atoms with Crippen molar-refractivity contribution in [1.29, 1.82) is 0 Å². The highest BCUT2D eigenvalue weighted by molar-refractivity contribution is 5.73. The fourth-order valence-electron chi connectivity index (χ4n) is 6.18. The van der Waals surface area contributed by atoms with Gasteiger partial charge in [-0.1, -0.05) is 39.0 Å². The molecule has 0 radical (unpaired) electrons. The van der Waals surface area contributed by atoms with Crippen LogP contribution in [0.3, 0.4) is 0 Å². The number of hydrogen-bond donors (Lipinski definition) is 3. The highest BCUT2D eigenvalue weighted by Crippen LogP contribution is 2.49. The zero-order valence-electron chi connectivity index (χ0n) is 24.5. The summed E-state index contributed by atoms with van der Waals surface area (Å²) in [4.78, 5) is 16.2. The fourth-order valence-corrected chi connectivity index (χ4v) is 6.18. The number of aliphatic hydroxyl groups is 1. The summed E-state index contributed by atoms with van der Waals surface area (Å²) in [5.41, 5.74) is 4.69. The number of rotatable bonds is 9. The van der Waals surface area contributed by atoms with Crippen LogP contribution in [0.15, 0.2) is 60.9 Å². The summed E-state index contributed by atoms with van der Waals surface area (Å²) in [6.45, 7) is 8.42. The molecule has 1 unspecified atom stereocenters. The van der Waals surface area contributed by atoms with E-state index in [0.29, 0.717) is 12.0 Å². The molecule has 3 atom stereocenters. The van der Waals surface area contributed by atoms with E-state index in [1.165, 1.54) is 24.6 Å². The van der Waals surface area contributed by atoms with E-state index in [1.54, 1.807) is 12.4 Å². The van der Waals surface area contributed by atoms with E-state index in [0.717, 1.165) is 54.5 Å². The van der Waals surface area contributed by atoms with Crippen molar-refractivity contribution in [3.63, 3.8) is 0 Å². The zero-order valence-corrected chi connectivity index (χ0v) is 24.5. The first-order valence-corrected chi connectivity index (χ1v) is 14.7. The van der Waals surface area contributed by atoms with Crippen molar-refractivity contribution >= 4 is 5.91 Å². The lowest BCUT2D eigenvalue weighted by atomic mass is 9.72. The van der Waals surface area contributed by atoms with Gasteiger partial charge in [0.25, 0.3) is 0 Å². The lowest BCUT2D eigenvalue weighted by Crippen LogP contribution is -2.52. The molecule has 1 amide bonds. The Hall–Kier alpha value is -3.29. The Bertz CT molecular complexity index is 1370. The van der Waals surface area contributed by atoms with E-state index in [1.807, 2.05) is 18.2 Å². The number of aliphatic hydroxyl groups excluding tert-OH is 1. The molecule has 1 aromatic heterocycles. The lowest BCUT2D eigenvalue weighted by Gasteiger charge is -2.48. The number of pyridine rings is 1. The SMILES string of the molecule is CC(=O)N[C@@H](Cc1cc(F)cc(-c2ccncc2)c1)[C@H](O)CNC1CC2(CCC2)Oc2ccc(CC(C)(C)C)cc21. The molecule has 2 aromatic carbocycles. The number of ether oxygens (including phenoxy) is 1. The van der Waals surface area contributed by atoms with Gasteiger partial charge in [0.05, 0.1) is 12.1 Å². The van der Waals surface area contributed by atoms with Crippen molar-refractivity contribution < 1.29 is 19.0 Å². The number of benzene rings is 2. The maximum atomic E-state index is 14.6. The third kappa shape index (κ3) is 7.32. The van der Waals surface area contributed by atoms with Crippen LogP contribution in [-0.2, 0) is 17.6 Å². The van der Waals surface area contributed by atoms with Gasteiger partial charge in [-0.15, -0.1) is 0 Å². The first-order chi connectivity index (χ1) is 19.5. The standard InChI is InChI=1S/C34H42FN3O3/c1-22(39)38-29(17-24-14-26(18-27(35)15-24)25-8-12-36-13-9-25)31(40)21-37-30-20-34(10-5-11-34)41-32-7-6-23(16-28(30)32)19-33(2,3)4/h6-9,12-16,18,29-31,37,40H,5,10-11,17,19-21H2,1-4H3,(H,38,39)/t29-,30?,31+/m0/s1. The number of fused-ring (bicyclic) bond motifs is 1. The van der Waals surface area contributed by atoms with Crippen molar-refractivity contribution in [2.24, 2.45) is 5.41 Å². The molecule has 2 heterocycles. The number of hydrogen-bond acceptors (Lipinski definition) is 5. The van der Waals surface area contributed by atoms with Crippen LogP contribution in [0.25, 0.3) is 11.1 Å². The van der Waals surface area contributed by atoms with Crippen LogP contribution in [0.5, 0.6) is 5.75 Å². The minimum atomic E-state index is -0.882. The minimum absolute atomic E-state index is 0.0269. The summed E-state index contributed by atoms with van der Waals surface area (Å²) >= 11 is 0. The van der Waals surface area contributed by atoms with Gasteiger partial charge >= 0.3 is 0 Å². The van der Waals surface area contributed by atoms with Crippen LogP contribution < -0.4 is 15.4 Å². The lowest BCUT2D eigenvalue weighted by molar-refractivity contribution is -0.120. The van der Waals surface area contributed by atoms with E-state index in [-0.39, 0.29) is 35.3 Å². The normalized spacial score (nSPS) is 19.0. The molecule has 0 saturated heterocycles. The Morgan fingerprint density at radius 3 is 2.51 bits per heavy atom. The Kier molecular flexibility index (Phi) is 8.48. The Morgan fingerprint density at radius 1 is 1.10 bits per heavy atom. The number of carbonyl (C=O) groups is 1. The van der Waals surface area contributed by atoms with Gasteiger partial charge in [0, 0.05) is 43.9 Å². The number of amides is 1. The second kappa shape index (κ2) is 11.9. The van der Waals surface area contributed by atoms with Gasteiger partial charge in [0.1, 0.15) is 17.2 Å². The van der Waals surface area contributed by atoms with E-state index in [4.69, 9.17) is 4.74 Å². The Morgan fingerprint density at radius 2 is 1.85 bits per heavy atom. The first kappa shape index (κ1) is 29.2. The molecule has 6 nitrogen and oxygen atoms in total. The van der Waals surface area contributed by atoms with Gasteiger partial charge in [0.15, 0.2) is 0 Å². The number of aromatic nitrogens is 1. The quantitative estimate of drug-likeness (QED) is 0.303. The fraction of sp³-hybridized carbons (Fsp3) is 0.471. The minimum Gasteiger partial charge on any atom is -0.487 e. The van der Waals surface area contributed by atoms with Crippen molar-refractivity contribution in [1.82, 2.24) is 15.6 Å². The second-order valence-corrected chi connectivity index (χ2v) is 13.1. The van der Waals surface area contributed by atoms with Crippen molar-refractivity contribution in [3.8, 4) is 16.9 Å². The van der Waals surface area contributed by atoms with E-state index in [9.17, 15) is 14.3 Å². The van der Waals surface area contributed by atoms with Crippen molar-refractivity contribution in [3.05, 3.63) is 83.4 Å². The molecule has 7 heteroatoms. The van der Waals surface area contributed by atoms with Gasteiger partial charge in [0.2, 0.25) is 5.91 Å². The van der Waals surface area contributed by atoms with Crippen molar-refractivity contribution in [2.75, 3.05) is 6.54 Å². The van der Waals surface area contributed by atoms with Gasteiger partial charge in [-0.3, -0.25) is 9.78 Å². The summed E-state index contributed by atoms with van der Waals surface area (Å²) in [5, 5.41) is 17.9. The van der Waals surface area contributed by atoms with Gasteiger partial charge in [-0.05, 0) is 90.1 Å². The van der Waals surface area contributed by atoms with Gasteiger partial charge in [-0.25, -0.2) is 4.39 Å². The molecule has 218 valence electrons. The monoisotopic (exact) mass is 559 g/mol.